The third-order valence-corrected chi connectivity index (χ3v) is 4.87. The van der Waals surface area contributed by atoms with E-state index in [0.29, 0.717) is 18.7 Å². The van der Waals surface area contributed by atoms with Crippen molar-refractivity contribution in [3.63, 3.8) is 0 Å². The number of rotatable bonds is 4. The molecule has 3 fully saturated rings. The predicted octanol–water partition coefficient (Wildman–Crippen LogP) is 1.28. The third-order valence-electron chi connectivity index (χ3n) is 4.87. The van der Waals surface area contributed by atoms with Gasteiger partial charge in [-0.25, -0.2) is 0 Å². The van der Waals surface area contributed by atoms with Crippen LogP contribution < -0.4 is 0 Å². The molecule has 4 rings (SSSR count). The summed E-state index contributed by atoms with van der Waals surface area (Å²) in [6.07, 6.45) is 7.70. The minimum atomic E-state index is 0.00562. The first kappa shape index (κ1) is 14.1. The Morgan fingerprint density at radius 1 is 1.32 bits per heavy atom. The minimum absolute atomic E-state index is 0.00562. The van der Waals surface area contributed by atoms with Gasteiger partial charge in [-0.2, -0.15) is 10.2 Å². The van der Waals surface area contributed by atoms with Crippen LogP contribution >= 0.6 is 0 Å². The second kappa shape index (κ2) is 5.93. The fraction of sp³-hybridized carbons (Fsp3) is 0.688. The molecule has 0 radical (unpaired) electrons. The highest BCUT2D eigenvalue weighted by Gasteiger charge is 2.45. The maximum Gasteiger partial charge on any atom is 0.255 e. The van der Waals surface area contributed by atoms with Gasteiger partial charge >= 0.3 is 0 Å². The molecule has 0 aromatic carbocycles. The zero-order valence-corrected chi connectivity index (χ0v) is 12.6. The second-order valence-corrected chi connectivity index (χ2v) is 6.42. The fourth-order valence-corrected chi connectivity index (χ4v) is 3.48. The van der Waals surface area contributed by atoms with Gasteiger partial charge in [0, 0.05) is 13.2 Å². The van der Waals surface area contributed by atoms with Crippen molar-refractivity contribution in [1.82, 2.24) is 15.1 Å². The van der Waals surface area contributed by atoms with Crippen molar-refractivity contribution in [2.24, 2.45) is 5.92 Å². The molecule has 0 N–H and O–H groups in total. The molecule has 22 heavy (non-hydrogen) atoms. The molecular weight excluding hydrogens is 282 g/mol. The lowest BCUT2D eigenvalue weighted by Crippen LogP contribution is -2.46. The smallest absolute Gasteiger partial charge is 0.255 e. The predicted molar refractivity (Wildman–Crippen MR) is 78.3 cm³/mol. The van der Waals surface area contributed by atoms with Gasteiger partial charge in [0.25, 0.3) is 5.91 Å². The van der Waals surface area contributed by atoms with Crippen LogP contribution in [0.3, 0.4) is 0 Å². The lowest BCUT2D eigenvalue weighted by atomic mass is 10.1. The summed E-state index contributed by atoms with van der Waals surface area (Å²) in [5.74, 6) is 0.724. The van der Waals surface area contributed by atoms with E-state index in [1.54, 1.807) is 12.3 Å². The summed E-state index contributed by atoms with van der Waals surface area (Å²) < 4.78 is 12.1. The standard InChI is InChI=1S/C16H21N3O3/c20-16(12-5-6-17-18-9-12)19-7-8-21-14-4-3-13(19)15(14)22-10-11-1-2-11/h5-6,9,11,13-15H,1-4,7-8,10H2/t13-,14-,15+/m0/s1. The van der Waals surface area contributed by atoms with E-state index in [0.717, 1.165) is 25.4 Å². The van der Waals surface area contributed by atoms with Crippen LogP contribution in [0.5, 0.6) is 0 Å². The lowest BCUT2D eigenvalue weighted by Gasteiger charge is -2.31. The lowest BCUT2D eigenvalue weighted by molar-refractivity contribution is -0.0556. The van der Waals surface area contributed by atoms with Gasteiger partial charge < -0.3 is 14.4 Å². The Labute approximate surface area is 129 Å². The van der Waals surface area contributed by atoms with Crippen LogP contribution in [0.25, 0.3) is 0 Å². The van der Waals surface area contributed by atoms with Gasteiger partial charge in [0.05, 0.1) is 36.7 Å². The Bertz CT molecular complexity index is 535. The molecule has 2 aliphatic carbocycles. The number of hydrogen-bond donors (Lipinski definition) is 0. The molecule has 1 amide bonds. The second-order valence-electron chi connectivity index (χ2n) is 6.42. The summed E-state index contributed by atoms with van der Waals surface area (Å²) in [5, 5.41) is 7.55. The number of amides is 1. The Hall–Kier alpha value is -1.53. The normalized spacial score (nSPS) is 31.1. The summed E-state index contributed by atoms with van der Waals surface area (Å²) in [6, 6.07) is 1.83. The van der Waals surface area contributed by atoms with Crippen molar-refractivity contribution in [3.8, 4) is 0 Å². The molecule has 3 aliphatic rings. The van der Waals surface area contributed by atoms with Crippen LogP contribution in [0.4, 0.5) is 0 Å². The molecule has 0 spiro atoms. The van der Waals surface area contributed by atoms with Gasteiger partial charge in [0.2, 0.25) is 0 Å². The van der Waals surface area contributed by atoms with E-state index in [-0.39, 0.29) is 24.2 Å². The highest BCUT2D eigenvalue weighted by Crippen LogP contribution is 2.35. The summed E-state index contributed by atoms with van der Waals surface area (Å²) in [4.78, 5) is 14.7. The monoisotopic (exact) mass is 303 g/mol. The van der Waals surface area contributed by atoms with Crippen LogP contribution in [0.1, 0.15) is 36.0 Å². The number of fused-ring (bicyclic) bond motifs is 2. The SMILES string of the molecule is O=C(c1ccnnc1)N1CCO[C@H]2CC[C@H]1[C@H]2OCC1CC1. The number of ether oxygens (including phenoxy) is 2. The zero-order chi connectivity index (χ0) is 14.9. The van der Waals surface area contributed by atoms with Gasteiger partial charge in [0.1, 0.15) is 6.10 Å². The Kier molecular flexibility index (Phi) is 3.80. The molecule has 6 nitrogen and oxygen atoms in total. The first-order valence-electron chi connectivity index (χ1n) is 8.14. The topological polar surface area (TPSA) is 64.6 Å². The summed E-state index contributed by atoms with van der Waals surface area (Å²) in [6.45, 7) is 2.00. The Morgan fingerprint density at radius 2 is 2.23 bits per heavy atom. The van der Waals surface area contributed by atoms with E-state index in [1.807, 2.05) is 4.90 Å². The van der Waals surface area contributed by atoms with Gasteiger partial charge in [-0.05, 0) is 37.7 Å². The van der Waals surface area contributed by atoms with Crippen molar-refractivity contribution >= 4 is 5.91 Å². The molecule has 3 atom stereocenters. The van der Waals surface area contributed by atoms with Gasteiger partial charge in [-0.3, -0.25) is 4.79 Å². The number of aromatic nitrogens is 2. The number of carbonyl (C=O) groups is 1. The summed E-state index contributed by atoms with van der Waals surface area (Å²) in [5.41, 5.74) is 0.585. The highest BCUT2D eigenvalue weighted by atomic mass is 16.5. The number of carbonyl (C=O) groups excluding carboxylic acids is 1. The van der Waals surface area contributed by atoms with Crippen LogP contribution in [-0.4, -0.2) is 59.0 Å². The van der Waals surface area contributed by atoms with Crippen molar-refractivity contribution in [2.45, 2.75) is 43.9 Å². The average molecular weight is 303 g/mol. The first-order chi connectivity index (χ1) is 10.8. The van der Waals surface area contributed by atoms with Crippen molar-refractivity contribution in [2.75, 3.05) is 19.8 Å². The van der Waals surface area contributed by atoms with Crippen molar-refractivity contribution in [3.05, 3.63) is 24.0 Å². The van der Waals surface area contributed by atoms with E-state index in [9.17, 15) is 4.79 Å². The largest absolute Gasteiger partial charge is 0.374 e. The van der Waals surface area contributed by atoms with Crippen molar-refractivity contribution < 1.29 is 14.3 Å². The van der Waals surface area contributed by atoms with Gasteiger partial charge in [-0.15, -0.1) is 0 Å². The molecule has 2 heterocycles. The molecule has 0 unspecified atom stereocenters. The Balaban J connectivity index is 1.52. The van der Waals surface area contributed by atoms with E-state index in [2.05, 4.69) is 10.2 Å². The fourth-order valence-electron chi connectivity index (χ4n) is 3.48. The molecule has 1 aromatic rings. The van der Waals surface area contributed by atoms with Crippen molar-refractivity contribution in [1.29, 1.82) is 0 Å². The first-order valence-corrected chi connectivity index (χ1v) is 8.14. The zero-order valence-electron chi connectivity index (χ0n) is 12.6. The highest BCUT2D eigenvalue weighted by molar-refractivity contribution is 5.94. The maximum absolute atomic E-state index is 12.8. The van der Waals surface area contributed by atoms with Crippen LogP contribution in [0.2, 0.25) is 0 Å². The number of hydrogen-bond acceptors (Lipinski definition) is 5. The molecule has 2 saturated carbocycles. The molecule has 1 aromatic heterocycles. The van der Waals surface area contributed by atoms with Gasteiger partial charge in [0.15, 0.2) is 0 Å². The van der Waals surface area contributed by atoms with Crippen LogP contribution in [0.15, 0.2) is 18.5 Å². The number of nitrogens with zero attached hydrogens (tertiary/aromatic N) is 3. The van der Waals surface area contributed by atoms with Gasteiger partial charge in [-0.1, -0.05) is 0 Å². The molecule has 1 aliphatic heterocycles. The molecular formula is C16H21N3O3. The molecule has 2 bridgehead atoms. The molecule has 1 saturated heterocycles. The average Bonchev–Trinajstić information content (AvgIpc) is 3.30. The molecule has 6 heteroatoms. The van der Waals surface area contributed by atoms with E-state index >= 15 is 0 Å². The summed E-state index contributed by atoms with van der Waals surface area (Å²) in [7, 11) is 0. The third kappa shape index (κ3) is 2.73. The van der Waals surface area contributed by atoms with Crippen LogP contribution in [-0.2, 0) is 9.47 Å². The quantitative estimate of drug-likeness (QED) is 0.838. The molecule has 118 valence electrons. The van der Waals surface area contributed by atoms with E-state index in [4.69, 9.17) is 9.47 Å². The minimum Gasteiger partial charge on any atom is -0.374 e. The van der Waals surface area contributed by atoms with E-state index < -0.39 is 0 Å². The summed E-state index contributed by atoms with van der Waals surface area (Å²) >= 11 is 0. The van der Waals surface area contributed by atoms with E-state index in [1.165, 1.54) is 19.0 Å². The van der Waals surface area contributed by atoms with Crippen LogP contribution in [0, 0.1) is 5.92 Å². The maximum atomic E-state index is 12.8. The Morgan fingerprint density at radius 3 is 3.00 bits per heavy atom.